The number of benzene rings is 1. The molecule has 0 heterocycles. The molecule has 0 aromatic heterocycles. The summed E-state index contributed by atoms with van der Waals surface area (Å²) in [7, 11) is 0. The first-order valence-corrected chi connectivity index (χ1v) is 6.15. The van der Waals surface area contributed by atoms with Crippen molar-refractivity contribution < 1.29 is 13.9 Å². The molecule has 0 amide bonds. The van der Waals surface area contributed by atoms with Gasteiger partial charge in [0.25, 0.3) is 0 Å². The molecule has 1 aromatic rings. The molecule has 0 radical (unpaired) electrons. The fraction of sp³-hybridized carbons (Fsp3) is 0.571. The van der Waals surface area contributed by atoms with Crippen molar-refractivity contribution in [3.63, 3.8) is 0 Å². The van der Waals surface area contributed by atoms with Gasteiger partial charge in [-0.05, 0) is 36.5 Å². The normalized spacial score (nSPS) is 29.3. The van der Waals surface area contributed by atoms with Gasteiger partial charge in [-0.3, -0.25) is 0 Å². The summed E-state index contributed by atoms with van der Waals surface area (Å²) in [4.78, 5) is 0. The van der Waals surface area contributed by atoms with Crippen LogP contribution in [0.15, 0.2) is 18.2 Å². The monoisotopic (exact) mass is 240 g/mol. The molecular formula is C14H18F2O. The molecule has 1 aliphatic rings. The molecule has 1 aliphatic carbocycles. The van der Waals surface area contributed by atoms with Gasteiger partial charge >= 0.3 is 0 Å². The van der Waals surface area contributed by atoms with Crippen molar-refractivity contribution in [1.82, 2.24) is 0 Å². The minimum atomic E-state index is -0.838. The highest BCUT2D eigenvalue weighted by molar-refractivity contribution is 5.20. The fourth-order valence-electron chi connectivity index (χ4n) is 2.82. The highest BCUT2D eigenvalue weighted by atomic mass is 19.2. The summed E-state index contributed by atoms with van der Waals surface area (Å²) in [6.45, 7) is 2.12. The highest BCUT2D eigenvalue weighted by Crippen LogP contribution is 2.34. The molecule has 1 nitrogen and oxygen atoms in total. The number of hydrogen-bond acceptors (Lipinski definition) is 1. The number of hydrogen-bond donors (Lipinski definition) is 1. The fourth-order valence-corrected chi connectivity index (χ4v) is 2.82. The zero-order chi connectivity index (χ0) is 12.5. The molecule has 3 heteroatoms. The maximum atomic E-state index is 13.1. The van der Waals surface area contributed by atoms with Crippen molar-refractivity contribution in [2.75, 3.05) is 0 Å². The number of halogens is 2. The van der Waals surface area contributed by atoms with Gasteiger partial charge in [0.2, 0.25) is 0 Å². The van der Waals surface area contributed by atoms with Crippen molar-refractivity contribution in [2.45, 2.75) is 44.6 Å². The van der Waals surface area contributed by atoms with E-state index in [-0.39, 0.29) is 0 Å². The summed E-state index contributed by atoms with van der Waals surface area (Å²) < 4.78 is 25.9. The summed E-state index contributed by atoms with van der Waals surface area (Å²) in [5.74, 6) is -1.17. The van der Waals surface area contributed by atoms with Crippen LogP contribution in [0.3, 0.4) is 0 Å². The summed E-state index contributed by atoms with van der Waals surface area (Å²) in [5, 5.41) is 10.4. The van der Waals surface area contributed by atoms with Crippen LogP contribution in [0.2, 0.25) is 0 Å². The summed E-state index contributed by atoms with van der Waals surface area (Å²) in [5.41, 5.74) is -0.0809. The van der Waals surface area contributed by atoms with E-state index >= 15 is 0 Å². The standard InChI is InChI=1S/C14H18F2O/c1-10-3-2-6-14(17,8-10)9-11-4-5-12(15)13(16)7-11/h4-5,7,10,17H,2-3,6,8-9H2,1H3. The lowest BCUT2D eigenvalue weighted by Crippen LogP contribution is -2.36. The van der Waals surface area contributed by atoms with Gasteiger partial charge in [-0.2, -0.15) is 0 Å². The van der Waals surface area contributed by atoms with Gasteiger partial charge in [-0.1, -0.05) is 25.8 Å². The summed E-state index contributed by atoms with van der Waals surface area (Å²) >= 11 is 0. The second-order valence-corrected chi connectivity index (χ2v) is 5.35. The molecule has 0 aliphatic heterocycles. The maximum Gasteiger partial charge on any atom is 0.159 e. The van der Waals surface area contributed by atoms with E-state index in [1.165, 1.54) is 6.07 Å². The first-order chi connectivity index (χ1) is 7.98. The van der Waals surface area contributed by atoms with E-state index in [1.807, 2.05) is 0 Å². The van der Waals surface area contributed by atoms with Crippen LogP contribution in [-0.2, 0) is 6.42 Å². The van der Waals surface area contributed by atoms with E-state index in [1.54, 1.807) is 6.07 Å². The van der Waals surface area contributed by atoms with E-state index < -0.39 is 17.2 Å². The molecule has 0 spiro atoms. The Morgan fingerprint density at radius 2 is 2.12 bits per heavy atom. The first kappa shape index (κ1) is 12.5. The van der Waals surface area contributed by atoms with Crippen molar-refractivity contribution in [3.8, 4) is 0 Å². The third-order valence-electron chi connectivity index (χ3n) is 3.58. The summed E-state index contributed by atoms with van der Waals surface area (Å²) in [6.07, 6.45) is 4.04. The molecule has 94 valence electrons. The van der Waals surface area contributed by atoms with Crippen LogP contribution in [0.1, 0.15) is 38.2 Å². The van der Waals surface area contributed by atoms with Gasteiger partial charge in [0.05, 0.1) is 5.60 Å². The quantitative estimate of drug-likeness (QED) is 0.839. The van der Waals surface area contributed by atoms with Crippen LogP contribution >= 0.6 is 0 Å². The molecule has 0 bridgehead atoms. The minimum Gasteiger partial charge on any atom is -0.390 e. The van der Waals surface area contributed by atoms with Crippen molar-refractivity contribution in [1.29, 1.82) is 0 Å². The lowest BCUT2D eigenvalue weighted by molar-refractivity contribution is -0.0124. The predicted molar refractivity (Wildman–Crippen MR) is 62.6 cm³/mol. The zero-order valence-electron chi connectivity index (χ0n) is 10.0. The Labute approximate surface area is 100 Å². The summed E-state index contributed by atoms with van der Waals surface area (Å²) in [6, 6.07) is 3.86. The Balaban J connectivity index is 2.11. The number of aliphatic hydroxyl groups is 1. The van der Waals surface area contributed by atoms with Gasteiger partial charge in [-0.15, -0.1) is 0 Å². The maximum absolute atomic E-state index is 13.1. The first-order valence-electron chi connectivity index (χ1n) is 6.15. The van der Waals surface area contributed by atoms with Crippen LogP contribution in [0, 0.1) is 17.6 Å². The number of rotatable bonds is 2. The van der Waals surface area contributed by atoms with Gasteiger partial charge in [0.1, 0.15) is 0 Å². The average molecular weight is 240 g/mol. The van der Waals surface area contributed by atoms with E-state index in [0.717, 1.165) is 31.7 Å². The highest BCUT2D eigenvalue weighted by Gasteiger charge is 2.32. The molecule has 1 aromatic carbocycles. The Morgan fingerprint density at radius 3 is 2.76 bits per heavy atom. The molecule has 0 saturated heterocycles. The van der Waals surface area contributed by atoms with Crippen LogP contribution in [0.5, 0.6) is 0 Å². The lowest BCUT2D eigenvalue weighted by atomic mass is 9.76. The molecule has 1 N–H and O–H groups in total. The Kier molecular flexibility index (Phi) is 3.48. The second kappa shape index (κ2) is 4.73. The zero-order valence-corrected chi connectivity index (χ0v) is 10.0. The Morgan fingerprint density at radius 1 is 1.35 bits per heavy atom. The van der Waals surface area contributed by atoms with Crippen LogP contribution in [0.4, 0.5) is 8.78 Å². The van der Waals surface area contributed by atoms with Crippen molar-refractivity contribution >= 4 is 0 Å². The lowest BCUT2D eigenvalue weighted by Gasteiger charge is -2.35. The van der Waals surface area contributed by atoms with Gasteiger partial charge < -0.3 is 5.11 Å². The van der Waals surface area contributed by atoms with Gasteiger partial charge in [0, 0.05) is 6.42 Å². The SMILES string of the molecule is CC1CCCC(O)(Cc2ccc(F)c(F)c2)C1. The third kappa shape index (κ3) is 3.03. The molecule has 1 fully saturated rings. The molecule has 2 rings (SSSR count). The van der Waals surface area contributed by atoms with E-state index in [0.29, 0.717) is 17.9 Å². The Hall–Kier alpha value is -0.960. The van der Waals surface area contributed by atoms with E-state index in [9.17, 15) is 13.9 Å². The van der Waals surface area contributed by atoms with Gasteiger partial charge in [-0.25, -0.2) is 8.78 Å². The van der Waals surface area contributed by atoms with Crippen LogP contribution in [-0.4, -0.2) is 10.7 Å². The van der Waals surface area contributed by atoms with E-state index in [4.69, 9.17) is 0 Å². The minimum absolute atomic E-state index is 0.411. The molecular weight excluding hydrogens is 222 g/mol. The molecule has 1 saturated carbocycles. The third-order valence-corrected chi connectivity index (χ3v) is 3.58. The Bertz CT molecular complexity index is 405. The topological polar surface area (TPSA) is 20.2 Å². The van der Waals surface area contributed by atoms with Gasteiger partial charge in [0.15, 0.2) is 11.6 Å². The average Bonchev–Trinajstić information content (AvgIpc) is 2.22. The largest absolute Gasteiger partial charge is 0.390 e. The van der Waals surface area contributed by atoms with Crippen molar-refractivity contribution in [3.05, 3.63) is 35.4 Å². The van der Waals surface area contributed by atoms with E-state index in [2.05, 4.69) is 6.92 Å². The molecule has 2 unspecified atom stereocenters. The second-order valence-electron chi connectivity index (χ2n) is 5.35. The van der Waals surface area contributed by atoms with Crippen LogP contribution < -0.4 is 0 Å². The smallest absolute Gasteiger partial charge is 0.159 e. The molecule has 17 heavy (non-hydrogen) atoms. The van der Waals surface area contributed by atoms with Crippen LogP contribution in [0.25, 0.3) is 0 Å². The predicted octanol–water partition coefficient (Wildman–Crippen LogP) is 3.45. The molecule has 2 atom stereocenters. The van der Waals surface area contributed by atoms with Crippen molar-refractivity contribution in [2.24, 2.45) is 5.92 Å².